The highest BCUT2D eigenvalue weighted by Gasteiger charge is 2.32. The summed E-state index contributed by atoms with van der Waals surface area (Å²) in [4.78, 5) is 11.8. The molecule has 0 aromatic carbocycles. The van der Waals surface area contributed by atoms with Crippen molar-refractivity contribution in [3.05, 3.63) is 0 Å². The molecular weight excluding hydrogens is 218 g/mol. The van der Waals surface area contributed by atoms with Crippen molar-refractivity contribution in [2.24, 2.45) is 17.6 Å². The van der Waals surface area contributed by atoms with Crippen LogP contribution in [-0.4, -0.2) is 29.3 Å². The number of nitrogens with two attached hydrogens (primary N) is 1. The van der Waals surface area contributed by atoms with Gasteiger partial charge in [-0.2, -0.15) is 0 Å². The molecule has 0 bridgehead atoms. The van der Waals surface area contributed by atoms with Gasteiger partial charge in [0.05, 0.1) is 0 Å². The lowest BCUT2D eigenvalue weighted by molar-refractivity contribution is -0.158. The van der Waals surface area contributed by atoms with E-state index in [1.807, 2.05) is 20.8 Å². The molecular formula is C13H25NO3. The van der Waals surface area contributed by atoms with E-state index in [4.69, 9.17) is 15.6 Å². The van der Waals surface area contributed by atoms with Crippen molar-refractivity contribution in [2.45, 2.75) is 58.1 Å². The van der Waals surface area contributed by atoms with E-state index in [-0.39, 0.29) is 18.5 Å². The summed E-state index contributed by atoms with van der Waals surface area (Å²) in [5.41, 5.74) is 5.47. The second-order valence-electron chi connectivity index (χ2n) is 6.02. The fourth-order valence-corrected chi connectivity index (χ4v) is 2.29. The van der Waals surface area contributed by atoms with Crippen LogP contribution in [0.2, 0.25) is 0 Å². The second-order valence-corrected chi connectivity index (χ2v) is 6.02. The Labute approximate surface area is 104 Å². The van der Waals surface area contributed by atoms with Crippen molar-refractivity contribution >= 4 is 5.97 Å². The summed E-state index contributed by atoms with van der Waals surface area (Å²) in [5.74, 6) is 0.287. The lowest BCUT2D eigenvalue weighted by Gasteiger charge is -2.31. The largest absolute Gasteiger partial charge is 0.459 e. The lowest BCUT2D eigenvalue weighted by Crippen LogP contribution is -2.43. The van der Waals surface area contributed by atoms with Crippen LogP contribution in [0.1, 0.15) is 46.5 Å². The molecule has 1 aliphatic carbocycles. The summed E-state index contributed by atoms with van der Waals surface area (Å²) in [6, 6.07) is -0.520. The van der Waals surface area contributed by atoms with E-state index in [0.29, 0.717) is 5.92 Å². The second kappa shape index (κ2) is 5.83. The Morgan fingerprint density at radius 3 is 2.29 bits per heavy atom. The zero-order valence-electron chi connectivity index (χ0n) is 11.1. The van der Waals surface area contributed by atoms with Gasteiger partial charge in [-0.15, -0.1) is 0 Å². The van der Waals surface area contributed by atoms with E-state index >= 15 is 0 Å². The van der Waals surface area contributed by atoms with E-state index in [9.17, 15) is 4.79 Å². The summed E-state index contributed by atoms with van der Waals surface area (Å²) < 4.78 is 5.29. The molecule has 1 aliphatic rings. The lowest BCUT2D eigenvalue weighted by atomic mass is 9.79. The average Bonchev–Trinajstić information content (AvgIpc) is 2.26. The molecule has 0 amide bonds. The summed E-state index contributed by atoms with van der Waals surface area (Å²) in [7, 11) is 0. The number of ether oxygens (including phenoxy) is 1. The molecule has 4 heteroatoms. The molecule has 0 aromatic rings. The first kappa shape index (κ1) is 14.5. The molecule has 0 aliphatic heterocycles. The molecule has 0 saturated heterocycles. The van der Waals surface area contributed by atoms with Crippen LogP contribution in [0.3, 0.4) is 0 Å². The standard InChI is InChI=1S/C13H25NO3/c1-13(2,3)17-12(16)11(14)10-6-4-9(8-15)5-7-10/h9-11,15H,4-8,14H2,1-3H3/t9-,10-,11?. The molecule has 3 N–H and O–H groups in total. The number of aliphatic hydroxyl groups is 1. The molecule has 17 heavy (non-hydrogen) atoms. The number of carbonyl (C=O) groups is 1. The first-order valence-electron chi connectivity index (χ1n) is 6.43. The maximum absolute atomic E-state index is 11.8. The third kappa shape index (κ3) is 4.64. The molecule has 1 unspecified atom stereocenters. The third-order valence-corrected chi connectivity index (χ3v) is 3.34. The fraction of sp³-hybridized carbons (Fsp3) is 0.923. The number of hydrogen-bond donors (Lipinski definition) is 2. The first-order valence-corrected chi connectivity index (χ1v) is 6.43. The predicted octanol–water partition coefficient (Wildman–Crippen LogP) is 1.45. The number of rotatable bonds is 3. The van der Waals surface area contributed by atoms with Crippen LogP contribution in [0.4, 0.5) is 0 Å². The minimum absolute atomic E-state index is 0.202. The van der Waals surface area contributed by atoms with Crippen LogP contribution in [0.15, 0.2) is 0 Å². The van der Waals surface area contributed by atoms with Crippen molar-refractivity contribution in [3.8, 4) is 0 Å². The minimum atomic E-state index is -0.520. The van der Waals surface area contributed by atoms with Crippen molar-refractivity contribution in [1.82, 2.24) is 0 Å². The van der Waals surface area contributed by atoms with Crippen molar-refractivity contribution < 1.29 is 14.6 Å². The van der Waals surface area contributed by atoms with Gasteiger partial charge in [-0.25, -0.2) is 0 Å². The number of esters is 1. The van der Waals surface area contributed by atoms with Crippen LogP contribution in [-0.2, 0) is 9.53 Å². The van der Waals surface area contributed by atoms with Gasteiger partial charge < -0.3 is 15.6 Å². The van der Waals surface area contributed by atoms with Gasteiger partial charge in [-0.05, 0) is 58.3 Å². The maximum Gasteiger partial charge on any atom is 0.323 e. The van der Waals surface area contributed by atoms with Crippen LogP contribution >= 0.6 is 0 Å². The Bertz CT molecular complexity index is 252. The molecule has 0 aromatic heterocycles. The van der Waals surface area contributed by atoms with Gasteiger partial charge in [0.15, 0.2) is 0 Å². The monoisotopic (exact) mass is 243 g/mol. The zero-order chi connectivity index (χ0) is 13.1. The average molecular weight is 243 g/mol. The van der Waals surface area contributed by atoms with Crippen molar-refractivity contribution in [2.75, 3.05) is 6.61 Å². The molecule has 100 valence electrons. The molecule has 0 heterocycles. The molecule has 1 atom stereocenters. The summed E-state index contributed by atoms with van der Waals surface area (Å²) in [6.45, 7) is 5.79. The Hall–Kier alpha value is -0.610. The Morgan fingerprint density at radius 2 is 1.88 bits per heavy atom. The number of aliphatic hydroxyl groups excluding tert-OH is 1. The first-order chi connectivity index (χ1) is 7.83. The maximum atomic E-state index is 11.8. The molecule has 1 rings (SSSR count). The van der Waals surface area contributed by atoms with Gasteiger partial charge in [0.25, 0.3) is 0 Å². The number of carbonyl (C=O) groups excluding carboxylic acids is 1. The highest BCUT2D eigenvalue weighted by Crippen LogP contribution is 2.30. The van der Waals surface area contributed by atoms with E-state index < -0.39 is 11.6 Å². The van der Waals surface area contributed by atoms with E-state index in [1.54, 1.807) is 0 Å². The number of hydrogen-bond acceptors (Lipinski definition) is 4. The van der Waals surface area contributed by atoms with Gasteiger partial charge >= 0.3 is 5.97 Å². The van der Waals surface area contributed by atoms with Crippen LogP contribution in [0.25, 0.3) is 0 Å². The Balaban J connectivity index is 2.43. The predicted molar refractivity (Wildman–Crippen MR) is 66.4 cm³/mol. The molecule has 0 radical (unpaired) electrons. The van der Waals surface area contributed by atoms with Gasteiger partial charge in [0, 0.05) is 6.61 Å². The van der Waals surface area contributed by atoms with Gasteiger partial charge in [0.1, 0.15) is 11.6 Å². The Kier molecular flexibility index (Phi) is 4.95. The molecule has 1 saturated carbocycles. The minimum Gasteiger partial charge on any atom is -0.459 e. The summed E-state index contributed by atoms with van der Waals surface area (Å²) in [5, 5.41) is 9.06. The normalized spacial score (nSPS) is 27.6. The zero-order valence-corrected chi connectivity index (χ0v) is 11.1. The highest BCUT2D eigenvalue weighted by molar-refractivity contribution is 5.76. The quantitative estimate of drug-likeness (QED) is 0.736. The topological polar surface area (TPSA) is 72.5 Å². The SMILES string of the molecule is CC(C)(C)OC(=O)C(N)[C@H]1CC[C@H](CO)CC1. The van der Waals surface area contributed by atoms with E-state index in [1.165, 1.54) is 0 Å². The van der Waals surface area contributed by atoms with Crippen LogP contribution in [0.5, 0.6) is 0 Å². The fourth-order valence-electron chi connectivity index (χ4n) is 2.29. The third-order valence-electron chi connectivity index (χ3n) is 3.34. The van der Waals surface area contributed by atoms with Crippen molar-refractivity contribution in [1.29, 1.82) is 0 Å². The van der Waals surface area contributed by atoms with Gasteiger partial charge in [0.2, 0.25) is 0 Å². The molecule has 4 nitrogen and oxygen atoms in total. The molecule has 0 spiro atoms. The van der Waals surface area contributed by atoms with Gasteiger partial charge in [-0.3, -0.25) is 4.79 Å². The Morgan fingerprint density at radius 1 is 1.35 bits per heavy atom. The smallest absolute Gasteiger partial charge is 0.323 e. The molecule has 1 fully saturated rings. The summed E-state index contributed by atoms with van der Waals surface area (Å²) in [6.07, 6.45) is 3.73. The highest BCUT2D eigenvalue weighted by atomic mass is 16.6. The summed E-state index contributed by atoms with van der Waals surface area (Å²) >= 11 is 0. The van der Waals surface area contributed by atoms with E-state index in [2.05, 4.69) is 0 Å². The van der Waals surface area contributed by atoms with Crippen LogP contribution < -0.4 is 5.73 Å². The van der Waals surface area contributed by atoms with Crippen molar-refractivity contribution in [3.63, 3.8) is 0 Å². The van der Waals surface area contributed by atoms with E-state index in [0.717, 1.165) is 25.7 Å². The van der Waals surface area contributed by atoms with Gasteiger partial charge in [-0.1, -0.05) is 0 Å². The van der Waals surface area contributed by atoms with Crippen LogP contribution in [0, 0.1) is 11.8 Å².